The van der Waals surface area contributed by atoms with E-state index in [4.69, 9.17) is 14.2 Å². The second-order valence-electron chi connectivity index (χ2n) is 4.08. The number of carbonyl (C=O) groups excluding carboxylic acids is 1. The maximum absolute atomic E-state index is 10.4. The first-order valence-electron chi connectivity index (χ1n) is 6.12. The molecule has 1 aliphatic carbocycles. The molecule has 0 N–H and O–H groups in total. The van der Waals surface area contributed by atoms with Crippen LogP contribution in [0.15, 0.2) is 0 Å². The van der Waals surface area contributed by atoms with Gasteiger partial charge in [0.25, 0.3) is 0 Å². The van der Waals surface area contributed by atoms with Gasteiger partial charge >= 0.3 is 5.97 Å². The molecular weight excluding hydrogens is 208 g/mol. The molecule has 0 bridgehead atoms. The number of ether oxygens (including phenoxy) is 3. The molecular formula is C12H22O4. The van der Waals surface area contributed by atoms with Crippen molar-refractivity contribution >= 4 is 5.97 Å². The Morgan fingerprint density at radius 3 is 2.44 bits per heavy atom. The van der Waals surface area contributed by atoms with Crippen LogP contribution < -0.4 is 0 Å². The lowest BCUT2D eigenvalue weighted by Crippen LogP contribution is -2.19. The zero-order valence-corrected chi connectivity index (χ0v) is 10.1. The Kier molecular flexibility index (Phi) is 7.17. The third kappa shape index (κ3) is 6.80. The van der Waals surface area contributed by atoms with E-state index in [1.165, 1.54) is 39.0 Å². The van der Waals surface area contributed by atoms with Gasteiger partial charge in [-0.25, -0.2) is 0 Å². The maximum atomic E-state index is 10.4. The molecule has 16 heavy (non-hydrogen) atoms. The minimum Gasteiger partial charge on any atom is -0.463 e. The predicted octanol–water partition coefficient (Wildman–Crippen LogP) is 1.92. The normalized spacial score (nSPS) is 17.3. The summed E-state index contributed by atoms with van der Waals surface area (Å²) in [4.78, 5) is 10.4. The maximum Gasteiger partial charge on any atom is 0.302 e. The average Bonchev–Trinajstić information content (AvgIpc) is 2.29. The molecule has 4 heteroatoms. The Labute approximate surface area is 97.2 Å². The Balaban J connectivity index is 1.82. The Morgan fingerprint density at radius 1 is 1.06 bits per heavy atom. The minimum absolute atomic E-state index is 0.262. The van der Waals surface area contributed by atoms with Crippen LogP contribution in [0.2, 0.25) is 0 Å². The third-order valence-electron chi connectivity index (χ3n) is 2.67. The SMILES string of the molecule is CC(=O)OCCOCCOC1CCCCC1. The molecule has 4 nitrogen and oxygen atoms in total. The molecule has 1 saturated carbocycles. The highest BCUT2D eigenvalue weighted by atomic mass is 16.6. The van der Waals surface area contributed by atoms with E-state index in [0.717, 1.165) is 0 Å². The smallest absolute Gasteiger partial charge is 0.302 e. The summed E-state index contributed by atoms with van der Waals surface area (Å²) in [5.41, 5.74) is 0. The van der Waals surface area contributed by atoms with Gasteiger partial charge in [-0.05, 0) is 12.8 Å². The summed E-state index contributed by atoms with van der Waals surface area (Å²) < 4.78 is 15.7. The van der Waals surface area contributed by atoms with Crippen molar-refractivity contribution in [3.8, 4) is 0 Å². The topological polar surface area (TPSA) is 44.8 Å². The fourth-order valence-corrected chi connectivity index (χ4v) is 1.85. The van der Waals surface area contributed by atoms with E-state index in [1.807, 2.05) is 0 Å². The zero-order chi connectivity index (χ0) is 11.6. The summed E-state index contributed by atoms with van der Waals surface area (Å²) in [6.07, 6.45) is 6.74. The molecule has 0 unspecified atom stereocenters. The third-order valence-corrected chi connectivity index (χ3v) is 2.67. The highest BCUT2D eigenvalue weighted by molar-refractivity contribution is 5.65. The molecule has 1 aliphatic rings. The highest BCUT2D eigenvalue weighted by Crippen LogP contribution is 2.19. The van der Waals surface area contributed by atoms with Crippen LogP contribution in [0, 0.1) is 0 Å². The summed E-state index contributed by atoms with van der Waals surface area (Å²) in [6.45, 7) is 3.40. The van der Waals surface area contributed by atoms with Crippen molar-refractivity contribution in [3.05, 3.63) is 0 Å². The lowest BCUT2D eigenvalue weighted by Gasteiger charge is -2.21. The largest absolute Gasteiger partial charge is 0.463 e. The van der Waals surface area contributed by atoms with E-state index in [-0.39, 0.29) is 5.97 Å². The van der Waals surface area contributed by atoms with Crippen molar-refractivity contribution in [2.75, 3.05) is 26.4 Å². The molecule has 0 amide bonds. The summed E-state index contributed by atoms with van der Waals surface area (Å²) in [5, 5.41) is 0. The van der Waals surface area contributed by atoms with Gasteiger partial charge in [-0.3, -0.25) is 4.79 Å². The number of hydrogen-bond donors (Lipinski definition) is 0. The number of hydrogen-bond acceptors (Lipinski definition) is 4. The first kappa shape index (κ1) is 13.5. The Morgan fingerprint density at radius 2 is 1.75 bits per heavy atom. The van der Waals surface area contributed by atoms with Crippen molar-refractivity contribution in [1.29, 1.82) is 0 Å². The average molecular weight is 230 g/mol. The second kappa shape index (κ2) is 8.53. The van der Waals surface area contributed by atoms with Crippen LogP contribution in [0.25, 0.3) is 0 Å². The highest BCUT2D eigenvalue weighted by Gasteiger charge is 2.12. The van der Waals surface area contributed by atoms with E-state index in [2.05, 4.69) is 0 Å². The van der Waals surface area contributed by atoms with Crippen LogP contribution in [0.3, 0.4) is 0 Å². The van der Waals surface area contributed by atoms with Crippen molar-refractivity contribution in [1.82, 2.24) is 0 Å². The van der Waals surface area contributed by atoms with Crippen molar-refractivity contribution in [2.45, 2.75) is 45.1 Å². The van der Waals surface area contributed by atoms with E-state index >= 15 is 0 Å². The molecule has 0 aliphatic heterocycles. The first-order valence-corrected chi connectivity index (χ1v) is 6.12. The zero-order valence-electron chi connectivity index (χ0n) is 10.1. The quantitative estimate of drug-likeness (QED) is 0.495. The lowest BCUT2D eigenvalue weighted by atomic mass is 9.98. The molecule has 0 aromatic rings. The van der Waals surface area contributed by atoms with Gasteiger partial charge in [0.05, 0.1) is 25.9 Å². The molecule has 0 aromatic carbocycles. The van der Waals surface area contributed by atoms with Gasteiger partial charge in [0.1, 0.15) is 6.61 Å². The summed E-state index contributed by atoms with van der Waals surface area (Å²) >= 11 is 0. The van der Waals surface area contributed by atoms with Crippen LogP contribution in [0.4, 0.5) is 0 Å². The van der Waals surface area contributed by atoms with Crippen LogP contribution in [0.5, 0.6) is 0 Å². The monoisotopic (exact) mass is 230 g/mol. The standard InChI is InChI=1S/C12H22O4/c1-11(13)15-9-7-14-8-10-16-12-5-3-2-4-6-12/h12H,2-10H2,1H3. The predicted molar refractivity (Wildman–Crippen MR) is 60.3 cm³/mol. The number of carbonyl (C=O) groups is 1. The Hall–Kier alpha value is -0.610. The van der Waals surface area contributed by atoms with Gasteiger partial charge in [0, 0.05) is 6.92 Å². The van der Waals surface area contributed by atoms with Gasteiger partial charge in [0.2, 0.25) is 0 Å². The lowest BCUT2D eigenvalue weighted by molar-refractivity contribution is -0.142. The molecule has 0 saturated heterocycles. The van der Waals surface area contributed by atoms with E-state index in [0.29, 0.717) is 32.5 Å². The van der Waals surface area contributed by atoms with E-state index < -0.39 is 0 Å². The van der Waals surface area contributed by atoms with E-state index in [1.54, 1.807) is 0 Å². The van der Waals surface area contributed by atoms with Crippen molar-refractivity contribution in [3.63, 3.8) is 0 Å². The number of rotatable bonds is 7. The van der Waals surface area contributed by atoms with Gasteiger partial charge in [-0.15, -0.1) is 0 Å². The fourth-order valence-electron chi connectivity index (χ4n) is 1.85. The van der Waals surface area contributed by atoms with Gasteiger partial charge in [-0.2, -0.15) is 0 Å². The van der Waals surface area contributed by atoms with Gasteiger partial charge in [0.15, 0.2) is 0 Å². The summed E-state index contributed by atoms with van der Waals surface area (Å²) in [5.74, 6) is -0.262. The van der Waals surface area contributed by atoms with Crippen LogP contribution in [-0.2, 0) is 19.0 Å². The van der Waals surface area contributed by atoms with Crippen molar-refractivity contribution in [2.24, 2.45) is 0 Å². The molecule has 0 heterocycles. The Bertz CT molecular complexity index is 187. The van der Waals surface area contributed by atoms with Crippen molar-refractivity contribution < 1.29 is 19.0 Å². The summed E-state index contributed by atoms with van der Waals surface area (Å²) in [6, 6.07) is 0. The molecule has 1 fully saturated rings. The fraction of sp³-hybridized carbons (Fsp3) is 0.917. The number of esters is 1. The van der Waals surface area contributed by atoms with Crippen LogP contribution in [0.1, 0.15) is 39.0 Å². The molecule has 0 spiro atoms. The molecule has 94 valence electrons. The minimum atomic E-state index is -0.262. The molecule has 0 atom stereocenters. The van der Waals surface area contributed by atoms with E-state index in [9.17, 15) is 4.79 Å². The molecule has 1 rings (SSSR count). The van der Waals surface area contributed by atoms with Gasteiger partial charge in [-0.1, -0.05) is 19.3 Å². The first-order chi connectivity index (χ1) is 7.79. The second-order valence-corrected chi connectivity index (χ2v) is 4.08. The summed E-state index contributed by atoms with van der Waals surface area (Å²) in [7, 11) is 0. The molecule has 0 aromatic heterocycles. The van der Waals surface area contributed by atoms with Crippen LogP contribution >= 0.6 is 0 Å². The molecule has 0 radical (unpaired) electrons. The van der Waals surface area contributed by atoms with Crippen LogP contribution in [-0.4, -0.2) is 38.5 Å². The van der Waals surface area contributed by atoms with Gasteiger partial charge < -0.3 is 14.2 Å².